The molecule has 1 aromatic carbocycles. The molecule has 0 radical (unpaired) electrons. The predicted octanol–water partition coefficient (Wildman–Crippen LogP) is 4.10. The van der Waals surface area contributed by atoms with Gasteiger partial charge in [0.2, 0.25) is 5.88 Å². The van der Waals surface area contributed by atoms with E-state index in [2.05, 4.69) is 21.2 Å². The molecule has 100 valence electrons. The Labute approximate surface area is 120 Å². The zero-order valence-electron chi connectivity index (χ0n) is 10.6. The van der Waals surface area contributed by atoms with Gasteiger partial charge in [0, 0.05) is 19.2 Å². The Morgan fingerprint density at radius 1 is 1.26 bits per heavy atom. The van der Waals surface area contributed by atoms with Gasteiger partial charge in [0.05, 0.1) is 0 Å². The van der Waals surface area contributed by atoms with Gasteiger partial charge in [0.1, 0.15) is 0 Å². The van der Waals surface area contributed by atoms with Crippen molar-refractivity contribution in [3.63, 3.8) is 0 Å². The largest absolute Gasteiger partial charge is 0.434 e. The van der Waals surface area contributed by atoms with Crippen LogP contribution in [0, 0.1) is 0 Å². The summed E-state index contributed by atoms with van der Waals surface area (Å²) in [6.45, 7) is 3.15. The highest BCUT2D eigenvalue weighted by atomic mass is 79.9. The van der Waals surface area contributed by atoms with Gasteiger partial charge in [-0.2, -0.15) is 0 Å². The molecule has 0 atom stereocenters. The molecular weight excluding hydrogens is 308 g/mol. The van der Waals surface area contributed by atoms with Crippen LogP contribution in [0.1, 0.15) is 12.5 Å². The number of furan rings is 1. The molecule has 0 saturated carbocycles. The van der Waals surface area contributed by atoms with Crippen LogP contribution in [0.25, 0.3) is 0 Å². The van der Waals surface area contributed by atoms with Crippen LogP contribution in [0.3, 0.4) is 0 Å². The van der Waals surface area contributed by atoms with Crippen molar-refractivity contribution in [2.75, 3.05) is 11.9 Å². The number of nitrogens with one attached hydrogen (secondary N) is 1. The molecule has 0 fully saturated rings. The summed E-state index contributed by atoms with van der Waals surface area (Å²) in [5.74, 6) is 0.434. The smallest absolute Gasteiger partial charge is 0.324 e. The number of anilines is 1. The third kappa shape index (κ3) is 3.86. The van der Waals surface area contributed by atoms with Gasteiger partial charge >= 0.3 is 6.03 Å². The first-order chi connectivity index (χ1) is 9.19. The highest BCUT2D eigenvalue weighted by Gasteiger charge is 2.13. The van der Waals surface area contributed by atoms with Crippen LogP contribution in [0.4, 0.5) is 10.7 Å². The zero-order chi connectivity index (χ0) is 13.7. The van der Waals surface area contributed by atoms with Gasteiger partial charge in [0.15, 0.2) is 4.67 Å². The first-order valence-electron chi connectivity index (χ1n) is 6.04. The Balaban J connectivity index is 1.99. The summed E-state index contributed by atoms with van der Waals surface area (Å²) in [6, 6.07) is 13.2. The molecule has 0 aliphatic heterocycles. The second-order valence-electron chi connectivity index (χ2n) is 4.03. The number of hydrogen-bond acceptors (Lipinski definition) is 2. The fourth-order valence-corrected chi connectivity index (χ4v) is 2.00. The van der Waals surface area contributed by atoms with Gasteiger partial charge in [-0.05, 0) is 34.5 Å². The molecular formula is C14H15BrN2O2. The standard InChI is InChI=1S/C14H15BrN2O2/c1-2-17(10-11-6-4-3-5-7-11)14(18)16-13-9-8-12(15)19-13/h3-9H,2,10H2,1H3,(H,16,18). The minimum absolute atomic E-state index is 0.173. The van der Waals surface area contributed by atoms with Gasteiger partial charge in [-0.1, -0.05) is 30.3 Å². The van der Waals surface area contributed by atoms with E-state index in [1.165, 1.54) is 0 Å². The molecule has 0 aliphatic rings. The first kappa shape index (κ1) is 13.7. The van der Waals surface area contributed by atoms with Crippen LogP contribution in [-0.4, -0.2) is 17.5 Å². The summed E-state index contributed by atoms with van der Waals surface area (Å²) >= 11 is 3.20. The number of hydrogen-bond donors (Lipinski definition) is 1. The highest BCUT2D eigenvalue weighted by molar-refractivity contribution is 9.10. The number of urea groups is 1. The minimum atomic E-state index is -0.173. The fraction of sp³-hybridized carbons (Fsp3) is 0.214. The number of amides is 2. The van der Waals surface area contributed by atoms with Crippen molar-refractivity contribution < 1.29 is 9.21 Å². The van der Waals surface area contributed by atoms with E-state index in [9.17, 15) is 4.79 Å². The van der Waals surface area contributed by atoms with Gasteiger partial charge in [-0.15, -0.1) is 0 Å². The van der Waals surface area contributed by atoms with Crippen molar-refractivity contribution >= 4 is 27.8 Å². The second kappa shape index (κ2) is 6.43. The number of rotatable bonds is 4. The molecule has 0 spiro atoms. The molecule has 2 amide bonds. The SMILES string of the molecule is CCN(Cc1ccccc1)C(=O)Nc1ccc(Br)o1. The number of nitrogens with zero attached hydrogens (tertiary/aromatic N) is 1. The molecule has 1 N–H and O–H groups in total. The lowest BCUT2D eigenvalue weighted by molar-refractivity contribution is 0.211. The number of carbonyl (C=O) groups excluding carboxylic acids is 1. The Morgan fingerprint density at radius 3 is 2.58 bits per heavy atom. The summed E-state index contributed by atoms with van der Waals surface area (Å²) in [5.41, 5.74) is 1.10. The zero-order valence-corrected chi connectivity index (χ0v) is 12.2. The van der Waals surface area contributed by atoms with Gasteiger partial charge in [0.25, 0.3) is 0 Å². The third-order valence-electron chi connectivity index (χ3n) is 2.69. The monoisotopic (exact) mass is 322 g/mol. The van der Waals surface area contributed by atoms with Crippen LogP contribution < -0.4 is 5.32 Å². The number of carbonyl (C=O) groups is 1. The van der Waals surface area contributed by atoms with E-state index in [1.807, 2.05) is 37.3 Å². The number of halogens is 1. The molecule has 0 aliphatic carbocycles. The maximum Gasteiger partial charge on any atom is 0.324 e. The average Bonchev–Trinajstić information content (AvgIpc) is 2.82. The van der Waals surface area contributed by atoms with Crippen LogP contribution in [0.15, 0.2) is 51.6 Å². The molecule has 1 aromatic heterocycles. The van der Waals surface area contributed by atoms with Gasteiger partial charge in [-0.25, -0.2) is 4.79 Å². The highest BCUT2D eigenvalue weighted by Crippen LogP contribution is 2.18. The Morgan fingerprint density at radius 2 is 2.00 bits per heavy atom. The second-order valence-corrected chi connectivity index (χ2v) is 4.82. The fourth-order valence-electron chi connectivity index (χ4n) is 1.70. The Kier molecular flexibility index (Phi) is 4.63. The van der Waals surface area contributed by atoms with E-state index in [1.54, 1.807) is 17.0 Å². The topological polar surface area (TPSA) is 45.5 Å². The molecule has 2 rings (SSSR count). The maximum atomic E-state index is 12.1. The summed E-state index contributed by atoms with van der Waals surface area (Å²) < 4.78 is 5.85. The Hall–Kier alpha value is -1.75. The van der Waals surface area contributed by atoms with Crippen LogP contribution in [-0.2, 0) is 6.54 Å². The van der Waals surface area contributed by atoms with Crippen molar-refractivity contribution in [1.82, 2.24) is 4.90 Å². The first-order valence-corrected chi connectivity index (χ1v) is 6.83. The summed E-state index contributed by atoms with van der Waals surface area (Å²) in [5, 5.41) is 2.72. The van der Waals surface area contributed by atoms with Crippen molar-refractivity contribution in [3.05, 3.63) is 52.7 Å². The summed E-state index contributed by atoms with van der Waals surface area (Å²) in [6.07, 6.45) is 0. The van der Waals surface area contributed by atoms with Crippen molar-refractivity contribution in [2.45, 2.75) is 13.5 Å². The molecule has 4 nitrogen and oxygen atoms in total. The Bertz CT molecular complexity index is 539. The molecule has 1 heterocycles. The number of benzene rings is 1. The van der Waals surface area contributed by atoms with Gasteiger partial charge in [-0.3, -0.25) is 5.32 Å². The van der Waals surface area contributed by atoms with E-state index in [-0.39, 0.29) is 6.03 Å². The normalized spacial score (nSPS) is 10.2. The van der Waals surface area contributed by atoms with Crippen molar-refractivity contribution in [3.8, 4) is 0 Å². The van der Waals surface area contributed by atoms with E-state index in [0.29, 0.717) is 23.6 Å². The lowest BCUT2D eigenvalue weighted by Gasteiger charge is -2.20. The molecule has 0 unspecified atom stereocenters. The maximum absolute atomic E-state index is 12.1. The third-order valence-corrected chi connectivity index (χ3v) is 3.11. The summed E-state index contributed by atoms with van der Waals surface area (Å²) in [4.78, 5) is 13.8. The van der Waals surface area contributed by atoms with Crippen molar-refractivity contribution in [2.24, 2.45) is 0 Å². The minimum Gasteiger partial charge on any atom is -0.434 e. The van der Waals surface area contributed by atoms with Crippen LogP contribution in [0.2, 0.25) is 0 Å². The van der Waals surface area contributed by atoms with Gasteiger partial charge < -0.3 is 9.32 Å². The van der Waals surface area contributed by atoms with E-state index in [4.69, 9.17) is 4.42 Å². The summed E-state index contributed by atoms with van der Waals surface area (Å²) in [7, 11) is 0. The van der Waals surface area contributed by atoms with E-state index in [0.717, 1.165) is 5.56 Å². The molecule has 19 heavy (non-hydrogen) atoms. The molecule has 0 saturated heterocycles. The predicted molar refractivity (Wildman–Crippen MR) is 78.0 cm³/mol. The average molecular weight is 323 g/mol. The molecule has 5 heteroatoms. The van der Waals surface area contributed by atoms with E-state index >= 15 is 0 Å². The van der Waals surface area contributed by atoms with Crippen molar-refractivity contribution in [1.29, 1.82) is 0 Å². The lowest BCUT2D eigenvalue weighted by Crippen LogP contribution is -2.34. The van der Waals surface area contributed by atoms with Crippen LogP contribution in [0.5, 0.6) is 0 Å². The quantitative estimate of drug-likeness (QED) is 0.921. The molecule has 0 bridgehead atoms. The van der Waals surface area contributed by atoms with E-state index < -0.39 is 0 Å². The molecule has 2 aromatic rings. The lowest BCUT2D eigenvalue weighted by atomic mass is 10.2. The van der Waals surface area contributed by atoms with Crippen LogP contribution >= 0.6 is 15.9 Å².